The lowest BCUT2D eigenvalue weighted by Crippen LogP contribution is -2.32. The van der Waals surface area contributed by atoms with Gasteiger partial charge in [-0.05, 0) is 0 Å². The average molecular weight is 656 g/mol. The molecule has 23 heteroatoms. The molecule has 2 bridgehead atoms. The number of phosphoric ester groups is 2. The quantitative estimate of drug-likeness (QED) is 0.177. The fourth-order valence-corrected chi connectivity index (χ4v) is 7.56. The van der Waals surface area contributed by atoms with Crippen LogP contribution in [0.25, 0.3) is 22.3 Å². The molecule has 0 spiro atoms. The summed E-state index contributed by atoms with van der Waals surface area (Å²) in [5.41, 5.74) is 11.6. The van der Waals surface area contributed by atoms with E-state index in [0.29, 0.717) is 11.2 Å². The Morgan fingerprint density at radius 1 is 0.909 bits per heavy atom. The maximum atomic E-state index is 13.2. The molecule has 0 radical (unpaired) electrons. The predicted molar refractivity (Wildman–Crippen MR) is 145 cm³/mol. The molecule has 3 saturated heterocycles. The van der Waals surface area contributed by atoms with Crippen LogP contribution in [0.1, 0.15) is 25.8 Å². The van der Waals surface area contributed by atoms with Gasteiger partial charge >= 0.3 is 15.6 Å². The minimum Gasteiger partial charge on any atom is -0.382 e. The largest absolute Gasteiger partial charge is 0.472 e. The van der Waals surface area contributed by atoms with Crippen LogP contribution in [0.3, 0.4) is 0 Å². The Labute approximate surface area is 245 Å². The molecular weight excluding hydrogens is 630 g/mol. The highest BCUT2D eigenvalue weighted by atomic mass is 31.2. The highest BCUT2D eigenvalue weighted by molar-refractivity contribution is 7.47. The fourth-order valence-electron chi connectivity index (χ4n) is 5.58. The minimum atomic E-state index is -4.83. The molecule has 9 atom stereocenters. The lowest BCUT2D eigenvalue weighted by molar-refractivity contribution is -0.0668. The number of nitrogens with zero attached hydrogens (tertiary/aromatic N) is 7. The number of nitrogen functional groups attached to an aromatic ring is 2. The first-order chi connectivity index (χ1) is 20.9. The summed E-state index contributed by atoms with van der Waals surface area (Å²) < 4.78 is 63.0. The van der Waals surface area contributed by atoms with Gasteiger partial charge in [0.15, 0.2) is 28.9 Å². The van der Waals surface area contributed by atoms with Crippen LogP contribution in [-0.2, 0) is 36.7 Å². The van der Waals surface area contributed by atoms with Gasteiger partial charge in [-0.15, -0.1) is 0 Å². The van der Waals surface area contributed by atoms with Gasteiger partial charge in [0.25, 0.3) is 5.56 Å². The van der Waals surface area contributed by atoms with Crippen LogP contribution < -0.4 is 17.0 Å². The Kier molecular flexibility index (Phi) is 7.09. The summed E-state index contributed by atoms with van der Waals surface area (Å²) in [4.78, 5) is 56.5. The van der Waals surface area contributed by atoms with E-state index in [1.165, 1.54) is 28.1 Å². The Morgan fingerprint density at radius 2 is 1.61 bits per heavy atom. The number of H-pyrrole nitrogens is 1. The SMILES string of the molecule is C[C@H]1C2OP(=O)(O)OC[C@@H]3C[C@@H](OP(=O)(O)OC[C@H]2O[C@H]1n1cnc2c(N)ncnc21)[C@H](n1cnc2c(=O)[nH]c(N)nc21)O3. The van der Waals surface area contributed by atoms with Gasteiger partial charge in [0.2, 0.25) is 5.95 Å². The molecule has 4 aromatic rings. The van der Waals surface area contributed by atoms with Crippen molar-refractivity contribution in [2.45, 2.75) is 50.2 Å². The highest BCUT2D eigenvalue weighted by Gasteiger charge is 2.50. The zero-order valence-electron chi connectivity index (χ0n) is 22.6. The van der Waals surface area contributed by atoms with Crippen molar-refractivity contribution < 1.29 is 46.5 Å². The number of nitrogens with one attached hydrogen (secondary N) is 1. The first-order valence-electron chi connectivity index (χ1n) is 13.2. The summed E-state index contributed by atoms with van der Waals surface area (Å²) in [6.45, 7) is 0.615. The lowest BCUT2D eigenvalue weighted by atomic mass is 10.0. The van der Waals surface area contributed by atoms with Gasteiger partial charge in [-0.3, -0.25) is 37.0 Å². The molecule has 3 aliphatic heterocycles. The van der Waals surface area contributed by atoms with E-state index in [1.807, 2.05) is 0 Å². The van der Waals surface area contributed by atoms with E-state index in [2.05, 4.69) is 29.9 Å². The molecule has 3 aliphatic rings. The number of anilines is 2. The molecular formula is C21H26N10O11P2. The maximum Gasteiger partial charge on any atom is 0.472 e. The molecule has 7 heterocycles. The molecule has 0 aromatic carbocycles. The van der Waals surface area contributed by atoms with Crippen molar-refractivity contribution >= 4 is 49.7 Å². The van der Waals surface area contributed by atoms with Crippen molar-refractivity contribution in [1.29, 1.82) is 0 Å². The number of nitrogens with two attached hydrogens (primary N) is 2. The van der Waals surface area contributed by atoms with Crippen molar-refractivity contribution in [3.8, 4) is 0 Å². The van der Waals surface area contributed by atoms with Crippen molar-refractivity contribution in [1.82, 2.24) is 39.0 Å². The van der Waals surface area contributed by atoms with Crippen LogP contribution in [0.5, 0.6) is 0 Å². The van der Waals surface area contributed by atoms with E-state index in [4.69, 9.17) is 39.0 Å². The second-order valence-corrected chi connectivity index (χ2v) is 13.2. The molecule has 7 N–H and O–H groups in total. The van der Waals surface area contributed by atoms with Crippen molar-refractivity contribution in [2.24, 2.45) is 5.92 Å². The highest BCUT2D eigenvalue weighted by Crippen LogP contribution is 2.54. The van der Waals surface area contributed by atoms with Crippen LogP contribution >= 0.6 is 15.6 Å². The van der Waals surface area contributed by atoms with Crippen LogP contribution in [0.2, 0.25) is 0 Å². The summed E-state index contributed by atoms with van der Waals surface area (Å²) in [5.74, 6) is -0.715. The predicted octanol–water partition coefficient (Wildman–Crippen LogP) is -0.0371. The molecule has 0 amide bonds. The lowest BCUT2D eigenvalue weighted by Gasteiger charge is -2.26. The molecule has 7 rings (SSSR count). The third-order valence-corrected chi connectivity index (χ3v) is 9.53. The molecule has 44 heavy (non-hydrogen) atoms. The second-order valence-electron chi connectivity index (χ2n) is 10.4. The van der Waals surface area contributed by atoms with Gasteiger partial charge in [0, 0.05) is 12.3 Å². The number of fused-ring (bicyclic) bond motifs is 5. The monoisotopic (exact) mass is 656 g/mol. The minimum absolute atomic E-state index is 0.0127. The average Bonchev–Trinajstić information content (AvgIpc) is 3.72. The van der Waals surface area contributed by atoms with Crippen molar-refractivity contribution in [3.05, 3.63) is 29.3 Å². The van der Waals surface area contributed by atoms with Crippen molar-refractivity contribution in [3.63, 3.8) is 0 Å². The van der Waals surface area contributed by atoms with Crippen LogP contribution in [0.4, 0.5) is 11.8 Å². The Balaban J connectivity index is 1.19. The van der Waals surface area contributed by atoms with E-state index in [1.54, 1.807) is 6.92 Å². The molecule has 3 fully saturated rings. The van der Waals surface area contributed by atoms with Gasteiger partial charge < -0.3 is 30.7 Å². The van der Waals surface area contributed by atoms with E-state index in [0.717, 1.165) is 0 Å². The third kappa shape index (κ3) is 5.20. The maximum absolute atomic E-state index is 13.2. The van der Waals surface area contributed by atoms with Gasteiger partial charge in [0.05, 0.1) is 32.0 Å². The van der Waals surface area contributed by atoms with Gasteiger partial charge in [-0.1, -0.05) is 6.92 Å². The number of ether oxygens (including phenoxy) is 2. The van der Waals surface area contributed by atoms with Gasteiger partial charge in [0.1, 0.15) is 36.4 Å². The second kappa shape index (κ2) is 10.6. The number of aromatic amines is 1. The fraction of sp³-hybridized carbons (Fsp3) is 0.524. The molecule has 21 nitrogen and oxygen atoms in total. The third-order valence-electron chi connectivity index (χ3n) is 7.53. The van der Waals surface area contributed by atoms with E-state index in [9.17, 15) is 23.7 Å². The number of hydrogen-bond donors (Lipinski definition) is 5. The van der Waals surface area contributed by atoms with Gasteiger partial charge in [-0.2, -0.15) is 4.98 Å². The first kappa shape index (κ1) is 29.4. The first-order valence-corrected chi connectivity index (χ1v) is 16.2. The molecule has 0 aliphatic carbocycles. The summed E-state index contributed by atoms with van der Waals surface area (Å²) in [6, 6.07) is 0. The van der Waals surface area contributed by atoms with E-state index in [-0.39, 0.29) is 29.4 Å². The number of hydrogen-bond acceptors (Lipinski definition) is 16. The molecule has 236 valence electrons. The summed E-state index contributed by atoms with van der Waals surface area (Å²) >= 11 is 0. The van der Waals surface area contributed by atoms with E-state index < -0.39 is 77.2 Å². The van der Waals surface area contributed by atoms with Gasteiger partial charge in [-0.25, -0.2) is 29.1 Å². The number of aromatic nitrogens is 8. The topological polar surface area (TPSA) is 289 Å². The normalized spacial score (nSPS) is 36.6. The Hall–Kier alpha value is -3.36. The summed E-state index contributed by atoms with van der Waals surface area (Å²) in [5, 5.41) is 0. The molecule has 3 unspecified atom stereocenters. The number of imidazole rings is 2. The summed E-state index contributed by atoms with van der Waals surface area (Å²) in [6.07, 6.45) is -2.70. The molecule has 0 saturated carbocycles. The van der Waals surface area contributed by atoms with Crippen LogP contribution in [-0.4, -0.2) is 86.5 Å². The van der Waals surface area contributed by atoms with Crippen molar-refractivity contribution in [2.75, 3.05) is 24.7 Å². The standard InChI is InChI=1S/C21H26N10O11P2/c1-8-14-11(40-19(8)30-6-26-12-15(22)24-5-25-16(12)30)4-38-43(33,34)41-10-2-9(3-37-44(35,36)42-14)39-20(10)31-7-27-13-17(31)28-21(23)29-18(13)32/h5-11,14,19-20H,2-4H2,1H3,(H,33,34)(H,35,36)(H2,22,24,25)(H3,23,28,29,32)/t8-,9-,10+,11+,14?,19+,20+/m0/s1. The smallest absolute Gasteiger partial charge is 0.382 e. The van der Waals surface area contributed by atoms with Crippen LogP contribution in [0, 0.1) is 5.92 Å². The number of phosphoric acid groups is 2. The number of rotatable bonds is 2. The van der Waals surface area contributed by atoms with Crippen LogP contribution in [0.15, 0.2) is 23.8 Å². The molecule has 4 aromatic heterocycles. The van der Waals surface area contributed by atoms with E-state index >= 15 is 0 Å². The Morgan fingerprint density at radius 3 is 2.41 bits per heavy atom. The zero-order chi connectivity index (χ0) is 31.0. The zero-order valence-corrected chi connectivity index (χ0v) is 24.4. The summed E-state index contributed by atoms with van der Waals surface area (Å²) in [7, 11) is -9.60. The Bertz CT molecular complexity index is 1900.